The van der Waals surface area contributed by atoms with E-state index in [9.17, 15) is 5.11 Å². The molecule has 1 aromatic rings. The highest BCUT2D eigenvalue weighted by molar-refractivity contribution is 7.80. The number of aliphatic hydroxyl groups is 1. The minimum absolute atomic E-state index is 0.199. The summed E-state index contributed by atoms with van der Waals surface area (Å²) in [5.41, 5.74) is 8.77. The quantitative estimate of drug-likeness (QED) is 0.758. The highest BCUT2D eigenvalue weighted by atomic mass is 32.1. The highest BCUT2D eigenvalue weighted by Gasteiger charge is 2.20. The van der Waals surface area contributed by atoms with E-state index in [1.54, 1.807) is 0 Å². The van der Waals surface area contributed by atoms with Crippen LogP contribution >= 0.6 is 12.2 Å². The van der Waals surface area contributed by atoms with Crippen LogP contribution in [-0.4, -0.2) is 29.3 Å². The first-order chi connectivity index (χ1) is 7.58. The minimum atomic E-state index is -0.199. The Balaban J connectivity index is 2.24. The zero-order chi connectivity index (χ0) is 11.7. The first kappa shape index (κ1) is 11.4. The van der Waals surface area contributed by atoms with E-state index in [1.165, 1.54) is 0 Å². The minimum Gasteiger partial charge on any atom is -0.391 e. The van der Waals surface area contributed by atoms with Gasteiger partial charge in [0.05, 0.1) is 6.10 Å². The lowest BCUT2D eigenvalue weighted by atomic mass is 10.1. The van der Waals surface area contributed by atoms with Gasteiger partial charge in [-0.3, -0.25) is 0 Å². The lowest BCUT2D eigenvalue weighted by Gasteiger charge is -2.19. The van der Waals surface area contributed by atoms with Crippen molar-refractivity contribution in [3.05, 3.63) is 29.3 Å². The molecule has 1 fully saturated rings. The summed E-state index contributed by atoms with van der Waals surface area (Å²) in [7, 11) is 0. The summed E-state index contributed by atoms with van der Waals surface area (Å²) in [5, 5.41) is 9.49. The second-order valence-corrected chi connectivity index (χ2v) is 4.69. The maximum Gasteiger partial charge on any atom is 0.104 e. The summed E-state index contributed by atoms with van der Waals surface area (Å²) in [6.07, 6.45) is 0.645. The van der Waals surface area contributed by atoms with Crippen LogP contribution in [0.15, 0.2) is 18.2 Å². The number of rotatable bonds is 2. The molecule has 0 radical (unpaired) electrons. The standard InChI is InChI=1S/C12H16N2OS/c1-8-6-9(2-3-11(8)12(13)16)14-5-4-10(15)7-14/h2-3,6,10,15H,4-5,7H2,1H3,(H2,13,16). The third-order valence-electron chi connectivity index (χ3n) is 3.00. The van der Waals surface area contributed by atoms with E-state index in [0.717, 1.165) is 29.8 Å². The van der Waals surface area contributed by atoms with Crippen molar-refractivity contribution in [3.8, 4) is 0 Å². The second kappa shape index (κ2) is 4.39. The number of benzene rings is 1. The van der Waals surface area contributed by atoms with Crippen LogP contribution < -0.4 is 10.6 Å². The Morgan fingerprint density at radius 2 is 2.31 bits per heavy atom. The lowest BCUT2D eigenvalue weighted by Crippen LogP contribution is -2.21. The number of anilines is 1. The molecule has 86 valence electrons. The number of thiocarbonyl (C=S) groups is 1. The monoisotopic (exact) mass is 236 g/mol. The van der Waals surface area contributed by atoms with Crippen molar-refractivity contribution in [2.75, 3.05) is 18.0 Å². The molecular weight excluding hydrogens is 220 g/mol. The SMILES string of the molecule is Cc1cc(N2CCC(O)C2)ccc1C(N)=S. The fourth-order valence-corrected chi connectivity index (χ4v) is 2.33. The summed E-state index contributed by atoms with van der Waals surface area (Å²) in [6, 6.07) is 6.05. The zero-order valence-corrected chi connectivity index (χ0v) is 10.1. The molecule has 1 aromatic carbocycles. The van der Waals surface area contributed by atoms with Crippen LogP contribution in [0, 0.1) is 6.92 Å². The van der Waals surface area contributed by atoms with Crippen molar-refractivity contribution in [1.29, 1.82) is 0 Å². The molecule has 1 aliphatic rings. The molecule has 1 saturated heterocycles. The van der Waals surface area contributed by atoms with Gasteiger partial charge in [-0.25, -0.2) is 0 Å². The molecule has 1 heterocycles. The van der Waals surface area contributed by atoms with Crippen LogP contribution in [0.2, 0.25) is 0 Å². The number of aryl methyl sites for hydroxylation is 1. The summed E-state index contributed by atoms with van der Waals surface area (Å²) in [5.74, 6) is 0. The van der Waals surface area contributed by atoms with Gasteiger partial charge >= 0.3 is 0 Å². The molecule has 0 saturated carbocycles. The van der Waals surface area contributed by atoms with Crippen LogP contribution in [0.1, 0.15) is 17.5 Å². The number of aliphatic hydroxyl groups excluding tert-OH is 1. The first-order valence-corrected chi connectivity index (χ1v) is 5.82. The van der Waals surface area contributed by atoms with Gasteiger partial charge in [-0.1, -0.05) is 12.2 Å². The highest BCUT2D eigenvalue weighted by Crippen LogP contribution is 2.23. The van der Waals surface area contributed by atoms with Gasteiger partial charge in [-0.05, 0) is 37.1 Å². The molecule has 1 aliphatic heterocycles. The van der Waals surface area contributed by atoms with Crippen LogP contribution in [0.5, 0.6) is 0 Å². The Hall–Kier alpha value is -1.13. The Bertz CT molecular complexity index is 419. The molecule has 3 N–H and O–H groups in total. The largest absolute Gasteiger partial charge is 0.391 e. The van der Waals surface area contributed by atoms with Crippen LogP contribution in [-0.2, 0) is 0 Å². The Morgan fingerprint density at radius 1 is 1.56 bits per heavy atom. The average Bonchev–Trinajstić information content (AvgIpc) is 2.64. The smallest absolute Gasteiger partial charge is 0.104 e. The lowest BCUT2D eigenvalue weighted by molar-refractivity contribution is 0.198. The van der Waals surface area contributed by atoms with Crippen molar-refractivity contribution in [2.45, 2.75) is 19.4 Å². The van der Waals surface area contributed by atoms with E-state index >= 15 is 0 Å². The van der Waals surface area contributed by atoms with Crippen molar-refractivity contribution in [3.63, 3.8) is 0 Å². The van der Waals surface area contributed by atoms with E-state index in [1.807, 2.05) is 19.1 Å². The van der Waals surface area contributed by atoms with Crippen LogP contribution in [0.4, 0.5) is 5.69 Å². The van der Waals surface area contributed by atoms with Gasteiger partial charge < -0.3 is 15.7 Å². The number of hydrogen-bond acceptors (Lipinski definition) is 3. The van der Waals surface area contributed by atoms with Crippen LogP contribution in [0.25, 0.3) is 0 Å². The second-order valence-electron chi connectivity index (χ2n) is 4.25. The molecular formula is C12H16N2OS. The molecule has 1 atom stereocenters. The molecule has 0 aromatic heterocycles. The molecule has 1 unspecified atom stereocenters. The molecule has 16 heavy (non-hydrogen) atoms. The fraction of sp³-hybridized carbons (Fsp3) is 0.417. The van der Waals surface area contributed by atoms with Gasteiger partial charge in [0.1, 0.15) is 4.99 Å². The fourth-order valence-electron chi connectivity index (χ4n) is 2.10. The third kappa shape index (κ3) is 2.18. The van der Waals surface area contributed by atoms with Crippen LogP contribution in [0.3, 0.4) is 0 Å². The third-order valence-corrected chi connectivity index (χ3v) is 3.22. The number of nitrogens with two attached hydrogens (primary N) is 1. The summed E-state index contributed by atoms with van der Waals surface area (Å²) >= 11 is 4.97. The number of nitrogens with zero attached hydrogens (tertiary/aromatic N) is 1. The zero-order valence-electron chi connectivity index (χ0n) is 9.31. The van der Waals surface area contributed by atoms with Crippen molar-refractivity contribution in [1.82, 2.24) is 0 Å². The first-order valence-electron chi connectivity index (χ1n) is 5.41. The average molecular weight is 236 g/mol. The topological polar surface area (TPSA) is 49.5 Å². The normalized spacial score (nSPS) is 20.1. The summed E-state index contributed by atoms with van der Waals surface area (Å²) in [6.45, 7) is 3.63. The maximum atomic E-state index is 9.49. The van der Waals surface area contributed by atoms with E-state index < -0.39 is 0 Å². The summed E-state index contributed by atoms with van der Waals surface area (Å²) < 4.78 is 0. The summed E-state index contributed by atoms with van der Waals surface area (Å²) in [4.78, 5) is 2.62. The van der Waals surface area contributed by atoms with E-state index in [-0.39, 0.29) is 6.10 Å². The Labute approximate surface area is 101 Å². The Morgan fingerprint density at radius 3 is 2.81 bits per heavy atom. The molecule has 3 nitrogen and oxygen atoms in total. The van der Waals surface area contributed by atoms with E-state index in [2.05, 4.69) is 11.0 Å². The number of hydrogen-bond donors (Lipinski definition) is 2. The molecule has 0 bridgehead atoms. The van der Waals surface area contributed by atoms with E-state index in [0.29, 0.717) is 11.5 Å². The van der Waals surface area contributed by atoms with Crippen molar-refractivity contribution in [2.24, 2.45) is 5.73 Å². The van der Waals surface area contributed by atoms with Gasteiger partial charge in [0.2, 0.25) is 0 Å². The predicted octanol–water partition coefficient (Wildman–Crippen LogP) is 1.20. The predicted molar refractivity (Wildman–Crippen MR) is 69.9 cm³/mol. The van der Waals surface area contributed by atoms with Gasteiger partial charge in [0, 0.05) is 24.3 Å². The maximum absolute atomic E-state index is 9.49. The van der Waals surface area contributed by atoms with Gasteiger partial charge in [-0.2, -0.15) is 0 Å². The number of β-amino-alcohol motifs (C(OH)–C–C–N with tert-alkyl or cyclic N) is 1. The molecule has 0 aliphatic carbocycles. The van der Waals surface area contributed by atoms with E-state index in [4.69, 9.17) is 18.0 Å². The molecule has 4 heteroatoms. The molecule has 0 amide bonds. The Kier molecular flexibility index (Phi) is 3.12. The van der Waals surface area contributed by atoms with Gasteiger partial charge in [-0.15, -0.1) is 0 Å². The molecule has 0 spiro atoms. The van der Waals surface area contributed by atoms with Gasteiger partial charge in [0.25, 0.3) is 0 Å². The van der Waals surface area contributed by atoms with Crippen molar-refractivity contribution >= 4 is 22.9 Å². The van der Waals surface area contributed by atoms with Crippen molar-refractivity contribution < 1.29 is 5.11 Å². The molecule has 2 rings (SSSR count). The van der Waals surface area contributed by atoms with Gasteiger partial charge in [0.15, 0.2) is 0 Å².